The summed E-state index contributed by atoms with van der Waals surface area (Å²) in [7, 11) is 1.48. The second kappa shape index (κ2) is 6.25. The number of rotatable bonds is 4. The van der Waals surface area contributed by atoms with Gasteiger partial charge in [0, 0.05) is 0 Å². The third-order valence-corrected chi connectivity index (χ3v) is 2.94. The second-order valence-corrected chi connectivity index (χ2v) is 4.41. The zero-order valence-electron chi connectivity index (χ0n) is 11.6. The van der Waals surface area contributed by atoms with E-state index in [1.807, 2.05) is 6.07 Å². The topological polar surface area (TPSA) is 62.5 Å². The number of hydrogen-bond acceptors (Lipinski definition) is 4. The second-order valence-electron chi connectivity index (χ2n) is 4.41. The van der Waals surface area contributed by atoms with Crippen LogP contribution in [0.1, 0.15) is 24.2 Å². The summed E-state index contributed by atoms with van der Waals surface area (Å²) in [6, 6.07) is 10.8. The Balaban J connectivity index is 2.43. The molecular formula is C16H14FNO3. The summed E-state index contributed by atoms with van der Waals surface area (Å²) in [5.41, 5.74) is 0.644. The maximum absolute atomic E-state index is 13.9. The Morgan fingerprint density at radius 3 is 2.48 bits per heavy atom. The molecule has 0 aliphatic carbocycles. The van der Waals surface area contributed by atoms with Gasteiger partial charge < -0.3 is 14.6 Å². The Morgan fingerprint density at radius 2 is 1.90 bits per heavy atom. The molecule has 21 heavy (non-hydrogen) atoms. The SMILES string of the molecule is COc1cccc(Oc2ccc(C#N)cc2F)c1[C@H](C)O. The quantitative estimate of drug-likeness (QED) is 0.934. The van der Waals surface area contributed by atoms with Gasteiger partial charge in [0.05, 0.1) is 30.4 Å². The molecule has 5 heteroatoms. The van der Waals surface area contributed by atoms with Gasteiger partial charge in [-0.15, -0.1) is 0 Å². The molecular weight excluding hydrogens is 273 g/mol. The van der Waals surface area contributed by atoms with Gasteiger partial charge in [0.25, 0.3) is 0 Å². The molecule has 0 amide bonds. The molecule has 0 aromatic heterocycles. The van der Waals surface area contributed by atoms with E-state index in [0.29, 0.717) is 17.1 Å². The van der Waals surface area contributed by atoms with Gasteiger partial charge in [-0.3, -0.25) is 0 Å². The molecule has 2 aromatic rings. The van der Waals surface area contributed by atoms with E-state index < -0.39 is 11.9 Å². The fourth-order valence-electron chi connectivity index (χ4n) is 1.97. The van der Waals surface area contributed by atoms with Crippen molar-refractivity contribution in [3.63, 3.8) is 0 Å². The van der Waals surface area contributed by atoms with Crippen LogP contribution in [0.15, 0.2) is 36.4 Å². The van der Waals surface area contributed by atoms with E-state index in [1.54, 1.807) is 25.1 Å². The van der Waals surface area contributed by atoms with Gasteiger partial charge in [0.15, 0.2) is 11.6 Å². The van der Waals surface area contributed by atoms with Crippen LogP contribution < -0.4 is 9.47 Å². The first-order chi connectivity index (χ1) is 10.1. The third kappa shape index (κ3) is 3.12. The molecule has 1 atom stereocenters. The van der Waals surface area contributed by atoms with Gasteiger partial charge in [0.1, 0.15) is 11.5 Å². The molecule has 2 rings (SSSR count). The standard InChI is InChI=1S/C16H14FNO3/c1-10(19)16-14(20-2)4-3-5-15(16)21-13-7-6-11(9-18)8-12(13)17/h3-8,10,19H,1-2H3/t10-/m0/s1. The molecule has 0 spiro atoms. The van der Waals surface area contributed by atoms with Gasteiger partial charge in [-0.25, -0.2) is 4.39 Å². The maximum Gasteiger partial charge on any atom is 0.167 e. The Hall–Kier alpha value is -2.58. The number of halogens is 1. The average Bonchev–Trinajstić information content (AvgIpc) is 2.48. The highest BCUT2D eigenvalue weighted by atomic mass is 19.1. The molecule has 0 aliphatic rings. The maximum atomic E-state index is 13.9. The molecule has 0 aliphatic heterocycles. The van der Waals surface area contributed by atoms with Gasteiger partial charge in [-0.2, -0.15) is 5.26 Å². The Bertz CT molecular complexity index is 692. The molecule has 0 unspecified atom stereocenters. The minimum Gasteiger partial charge on any atom is -0.496 e. The molecule has 0 fully saturated rings. The predicted molar refractivity (Wildman–Crippen MR) is 74.8 cm³/mol. The number of benzene rings is 2. The molecule has 2 aromatic carbocycles. The first-order valence-electron chi connectivity index (χ1n) is 6.29. The van der Waals surface area contributed by atoms with E-state index in [9.17, 15) is 9.50 Å². The van der Waals surface area contributed by atoms with Crippen LogP contribution >= 0.6 is 0 Å². The van der Waals surface area contributed by atoms with Crippen molar-refractivity contribution in [2.24, 2.45) is 0 Å². The highest BCUT2D eigenvalue weighted by Gasteiger charge is 2.17. The molecule has 0 radical (unpaired) electrons. The van der Waals surface area contributed by atoms with Crippen molar-refractivity contribution in [2.45, 2.75) is 13.0 Å². The molecule has 0 saturated carbocycles. The van der Waals surface area contributed by atoms with Crippen LogP contribution in [-0.2, 0) is 0 Å². The van der Waals surface area contributed by atoms with E-state index in [0.717, 1.165) is 6.07 Å². The van der Waals surface area contributed by atoms with Crippen LogP contribution in [0.5, 0.6) is 17.2 Å². The summed E-state index contributed by atoms with van der Waals surface area (Å²) in [5.74, 6) is 0.0853. The van der Waals surface area contributed by atoms with E-state index in [1.165, 1.54) is 19.2 Å². The number of aliphatic hydroxyl groups excluding tert-OH is 1. The largest absolute Gasteiger partial charge is 0.496 e. The summed E-state index contributed by atoms with van der Waals surface area (Å²) in [6.45, 7) is 1.57. The van der Waals surface area contributed by atoms with Gasteiger partial charge in [-0.05, 0) is 37.3 Å². The molecule has 108 valence electrons. The fourth-order valence-corrected chi connectivity index (χ4v) is 1.97. The average molecular weight is 287 g/mol. The summed E-state index contributed by atoms with van der Waals surface area (Å²) < 4.78 is 24.6. The molecule has 0 saturated heterocycles. The number of ether oxygens (including phenoxy) is 2. The molecule has 1 N–H and O–H groups in total. The van der Waals surface area contributed by atoms with E-state index in [-0.39, 0.29) is 11.3 Å². The number of nitriles is 1. The zero-order valence-corrected chi connectivity index (χ0v) is 11.6. The molecule has 0 bridgehead atoms. The highest BCUT2D eigenvalue weighted by molar-refractivity contribution is 5.48. The zero-order chi connectivity index (χ0) is 15.4. The number of methoxy groups -OCH3 is 1. The Morgan fingerprint density at radius 1 is 1.19 bits per heavy atom. The van der Waals surface area contributed by atoms with E-state index in [2.05, 4.69) is 0 Å². The lowest BCUT2D eigenvalue weighted by molar-refractivity contribution is 0.190. The van der Waals surface area contributed by atoms with Crippen LogP contribution in [0.2, 0.25) is 0 Å². The van der Waals surface area contributed by atoms with Crippen LogP contribution in [0.25, 0.3) is 0 Å². The number of nitrogens with zero attached hydrogens (tertiary/aromatic N) is 1. The smallest absolute Gasteiger partial charge is 0.167 e. The Labute approximate surface area is 122 Å². The van der Waals surface area contributed by atoms with Gasteiger partial charge >= 0.3 is 0 Å². The predicted octanol–water partition coefficient (Wildman–Crippen LogP) is 3.55. The third-order valence-electron chi connectivity index (χ3n) is 2.94. The number of hydrogen-bond donors (Lipinski definition) is 1. The van der Waals surface area contributed by atoms with Gasteiger partial charge in [-0.1, -0.05) is 6.07 Å². The Kier molecular flexibility index (Phi) is 4.41. The normalized spacial score (nSPS) is 11.6. The molecule has 4 nitrogen and oxygen atoms in total. The monoisotopic (exact) mass is 287 g/mol. The first-order valence-corrected chi connectivity index (χ1v) is 6.29. The minimum absolute atomic E-state index is 0.0239. The number of aliphatic hydroxyl groups is 1. The fraction of sp³-hybridized carbons (Fsp3) is 0.188. The summed E-state index contributed by atoms with van der Waals surface area (Å²) in [6.07, 6.45) is -0.836. The van der Waals surface area contributed by atoms with Crippen LogP contribution in [0.3, 0.4) is 0 Å². The van der Waals surface area contributed by atoms with Crippen molar-refractivity contribution in [1.82, 2.24) is 0 Å². The van der Waals surface area contributed by atoms with Crippen LogP contribution in [-0.4, -0.2) is 12.2 Å². The van der Waals surface area contributed by atoms with Crippen molar-refractivity contribution < 1.29 is 19.0 Å². The van der Waals surface area contributed by atoms with E-state index in [4.69, 9.17) is 14.7 Å². The van der Waals surface area contributed by atoms with Crippen molar-refractivity contribution in [3.05, 3.63) is 53.3 Å². The van der Waals surface area contributed by atoms with Crippen LogP contribution in [0.4, 0.5) is 4.39 Å². The van der Waals surface area contributed by atoms with Crippen molar-refractivity contribution in [2.75, 3.05) is 7.11 Å². The lowest BCUT2D eigenvalue weighted by atomic mass is 10.1. The molecule has 0 heterocycles. The summed E-state index contributed by atoms with van der Waals surface area (Å²) >= 11 is 0. The lowest BCUT2D eigenvalue weighted by Crippen LogP contribution is -2.00. The van der Waals surface area contributed by atoms with Gasteiger partial charge in [0.2, 0.25) is 0 Å². The van der Waals surface area contributed by atoms with Crippen LogP contribution in [0, 0.1) is 17.1 Å². The van der Waals surface area contributed by atoms with Crippen molar-refractivity contribution >= 4 is 0 Å². The summed E-state index contributed by atoms with van der Waals surface area (Å²) in [5, 5.41) is 18.6. The minimum atomic E-state index is -0.836. The van der Waals surface area contributed by atoms with E-state index >= 15 is 0 Å². The summed E-state index contributed by atoms with van der Waals surface area (Å²) in [4.78, 5) is 0. The van der Waals surface area contributed by atoms with Crippen molar-refractivity contribution in [3.8, 4) is 23.3 Å². The lowest BCUT2D eigenvalue weighted by Gasteiger charge is -2.16. The van der Waals surface area contributed by atoms with Crippen molar-refractivity contribution in [1.29, 1.82) is 5.26 Å². The highest BCUT2D eigenvalue weighted by Crippen LogP contribution is 2.37. The first kappa shape index (κ1) is 14.8.